The van der Waals surface area contributed by atoms with Gasteiger partial charge in [0.15, 0.2) is 0 Å². The molecule has 2 N–H and O–H groups in total. The quantitative estimate of drug-likeness (QED) is 0.862. The summed E-state index contributed by atoms with van der Waals surface area (Å²) >= 11 is 0. The zero-order valence-corrected chi connectivity index (χ0v) is 10.9. The molecule has 0 saturated heterocycles. The number of carboxylic acids is 1. The topological polar surface area (TPSA) is 79.3 Å². The highest BCUT2D eigenvalue weighted by molar-refractivity contribution is 5.80. The summed E-state index contributed by atoms with van der Waals surface area (Å²) in [5.74, 6) is -1.40. The Hall–Kier alpha value is -1.91. The predicted molar refractivity (Wildman–Crippen MR) is 69.3 cm³/mol. The highest BCUT2D eigenvalue weighted by Crippen LogP contribution is 2.31. The van der Waals surface area contributed by atoms with Crippen molar-refractivity contribution in [3.63, 3.8) is 0 Å². The Balaban J connectivity index is 1.86. The fraction of sp³-hybridized carbons (Fsp3) is 0.500. The molecule has 1 aliphatic carbocycles. The number of aliphatic carboxylic acids is 1. The molecule has 0 bridgehead atoms. The van der Waals surface area contributed by atoms with Gasteiger partial charge < -0.3 is 10.4 Å². The van der Waals surface area contributed by atoms with Crippen LogP contribution < -0.4 is 5.32 Å². The predicted octanol–water partition coefficient (Wildman–Crippen LogP) is 1.51. The third-order valence-electron chi connectivity index (χ3n) is 3.70. The maximum Gasteiger partial charge on any atom is 0.306 e. The van der Waals surface area contributed by atoms with Gasteiger partial charge in [-0.2, -0.15) is 0 Å². The van der Waals surface area contributed by atoms with E-state index in [4.69, 9.17) is 5.11 Å². The Morgan fingerprint density at radius 1 is 1.42 bits per heavy atom. The molecule has 1 aliphatic rings. The number of nitrogens with one attached hydrogen (secondary N) is 1. The summed E-state index contributed by atoms with van der Waals surface area (Å²) in [5, 5.41) is 11.8. The van der Waals surface area contributed by atoms with Crippen LogP contribution in [0, 0.1) is 18.8 Å². The van der Waals surface area contributed by atoms with Crippen LogP contribution in [0.25, 0.3) is 0 Å². The van der Waals surface area contributed by atoms with Gasteiger partial charge >= 0.3 is 5.97 Å². The van der Waals surface area contributed by atoms with Gasteiger partial charge in [0.2, 0.25) is 5.91 Å². The molecule has 5 nitrogen and oxygen atoms in total. The average Bonchev–Trinajstić information content (AvgIpc) is 2.87. The standard InChI is InChI=1S/C14H18N2O3/c1-9-3-2-6-15-12(9)8-16-13(17)10-4-5-11(7-10)14(18)19/h2-3,6,10-11H,4-5,7-8H2,1H3,(H,16,17)(H,18,19). The molecule has 0 spiro atoms. The van der Waals surface area contributed by atoms with Crippen LogP contribution in [-0.4, -0.2) is 22.0 Å². The normalized spacial score (nSPS) is 22.2. The Bertz CT molecular complexity index is 487. The molecule has 5 heteroatoms. The number of hydrogen-bond acceptors (Lipinski definition) is 3. The highest BCUT2D eigenvalue weighted by atomic mass is 16.4. The van der Waals surface area contributed by atoms with Crippen molar-refractivity contribution in [3.8, 4) is 0 Å². The lowest BCUT2D eigenvalue weighted by molar-refractivity contribution is -0.141. The maximum absolute atomic E-state index is 12.0. The number of pyridine rings is 1. The van der Waals surface area contributed by atoms with Crippen molar-refractivity contribution >= 4 is 11.9 Å². The number of amides is 1. The summed E-state index contributed by atoms with van der Waals surface area (Å²) in [7, 11) is 0. The lowest BCUT2D eigenvalue weighted by atomic mass is 10.0. The summed E-state index contributed by atoms with van der Waals surface area (Å²) in [6, 6.07) is 3.81. The second kappa shape index (κ2) is 5.82. The molecule has 0 aliphatic heterocycles. The van der Waals surface area contributed by atoms with Crippen molar-refractivity contribution in [1.82, 2.24) is 10.3 Å². The van der Waals surface area contributed by atoms with E-state index < -0.39 is 5.97 Å². The third kappa shape index (κ3) is 3.30. The maximum atomic E-state index is 12.0. The fourth-order valence-corrected chi connectivity index (χ4v) is 2.46. The summed E-state index contributed by atoms with van der Waals surface area (Å²) in [6.45, 7) is 2.35. The van der Waals surface area contributed by atoms with Crippen LogP contribution >= 0.6 is 0 Å². The second-order valence-electron chi connectivity index (χ2n) is 5.03. The van der Waals surface area contributed by atoms with E-state index in [0.29, 0.717) is 25.8 Å². The first kappa shape index (κ1) is 13.5. The molecule has 2 rings (SSSR count). The number of carboxylic acid groups (broad SMARTS) is 1. The van der Waals surface area contributed by atoms with Gasteiger partial charge in [0.05, 0.1) is 18.2 Å². The molecule has 2 unspecified atom stereocenters. The third-order valence-corrected chi connectivity index (χ3v) is 3.70. The van der Waals surface area contributed by atoms with Crippen LogP contribution in [0.2, 0.25) is 0 Å². The number of aromatic nitrogens is 1. The largest absolute Gasteiger partial charge is 0.481 e. The molecule has 0 radical (unpaired) electrons. The highest BCUT2D eigenvalue weighted by Gasteiger charge is 2.33. The fourth-order valence-electron chi connectivity index (χ4n) is 2.46. The number of carbonyl (C=O) groups excluding carboxylic acids is 1. The van der Waals surface area contributed by atoms with Gasteiger partial charge in [-0.05, 0) is 37.8 Å². The molecule has 1 saturated carbocycles. The van der Waals surface area contributed by atoms with Crippen molar-refractivity contribution in [2.24, 2.45) is 11.8 Å². The van der Waals surface area contributed by atoms with Crippen LogP contribution in [0.4, 0.5) is 0 Å². The molecular formula is C14H18N2O3. The van der Waals surface area contributed by atoms with Gasteiger partial charge in [0, 0.05) is 12.1 Å². The van der Waals surface area contributed by atoms with Crippen LogP contribution in [0.5, 0.6) is 0 Å². The second-order valence-corrected chi connectivity index (χ2v) is 5.03. The SMILES string of the molecule is Cc1cccnc1CNC(=O)C1CCC(C(=O)O)C1. The van der Waals surface area contributed by atoms with Crippen LogP contribution in [0.1, 0.15) is 30.5 Å². The minimum Gasteiger partial charge on any atom is -0.481 e. The van der Waals surface area contributed by atoms with Crippen molar-refractivity contribution in [2.75, 3.05) is 0 Å². The van der Waals surface area contributed by atoms with Gasteiger partial charge in [-0.25, -0.2) is 0 Å². The summed E-state index contributed by atoms with van der Waals surface area (Å²) < 4.78 is 0. The lowest BCUT2D eigenvalue weighted by Crippen LogP contribution is -2.29. The van der Waals surface area contributed by atoms with E-state index in [-0.39, 0.29) is 17.7 Å². The number of hydrogen-bond donors (Lipinski definition) is 2. The van der Waals surface area contributed by atoms with Crippen molar-refractivity contribution in [1.29, 1.82) is 0 Å². The summed E-state index contributed by atoms with van der Waals surface area (Å²) in [4.78, 5) is 27.0. The zero-order valence-electron chi connectivity index (χ0n) is 10.9. The molecule has 19 heavy (non-hydrogen) atoms. The summed E-state index contributed by atoms with van der Waals surface area (Å²) in [6.07, 6.45) is 3.40. The lowest BCUT2D eigenvalue weighted by Gasteiger charge is -2.11. The van der Waals surface area contributed by atoms with E-state index in [1.54, 1.807) is 6.20 Å². The van der Waals surface area contributed by atoms with Crippen LogP contribution in [-0.2, 0) is 16.1 Å². The van der Waals surface area contributed by atoms with Gasteiger partial charge in [-0.3, -0.25) is 14.6 Å². The molecule has 102 valence electrons. The average molecular weight is 262 g/mol. The molecule has 1 aromatic rings. The number of aryl methyl sites for hydroxylation is 1. The van der Waals surface area contributed by atoms with E-state index in [1.807, 2.05) is 19.1 Å². The van der Waals surface area contributed by atoms with Crippen molar-refractivity contribution in [3.05, 3.63) is 29.6 Å². The van der Waals surface area contributed by atoms with E-state index in [2.05, 4.69) is 10.3 Å². The van der Waals surface area contributed by atoms with Crippen molar-refractivity contribution in [2.45, 2.75) is 32.7 Å². The molecule has 0 aromatic carbocycles. The van der Waals surface area contributed by atoms with Gasteiger partial charge in [-0.15, -0.1) is 0 Å². The smallest absolute Gasteiger partial charge is 0.306 e. The first-order valence-electron chi connectivity index (χ1n) is 6.49. The number of rotatable bonds is 4. The molecule has 1 fully saturated rings. The Morgan fingerprint density at radius 2 is 2.16 bits per heavy atom. The van der Waals surface area contributed by atoms with Crippen molar-refractivity contribution < 1.29 is 14.7 Å². The Labute approximate surface area is 112 Å². The number of carbonyl (C=O) groups is 2. The van der Waals surface area contributed by atoms with Crippen LogP contribution in [0.15, 0.2) is 18.3 Å². The van der Waals surface area contributed by atoms with E-state index in [9.17, 15) is 9.59 Å². The molecular weight excluding hydrogens is 244 g/mol. The number of nitrogens with zero attached hydrogens (tertiary/aromatic N) is 1. The first-order valence-corrected chi connectivity index (χ1v) is 6.49. The molecule has 2 atom stereocenters. The molecule has 1 amide bonds. The minimum absolute atomic E-state index is 0.0613. The Morgan fingerprint density at radius 3 is 2.79 bits per heavy atom. The zero-order chi connectivity index (χ0) is 13.8. The molecule has 1 heterocycles. The molecule has 1 aromatic heterocycles. The van der Waals surface area contributed by atoms with Gasteiger partial charge in [0.25, 0.3) is 0 Å². The van der Waals surface area contributed by atoms with E-state index >= 15 is 0 Å². The monoisotopic (exact) mass is 262 g/mol. The minimum atomic E-state index is -0.795. The van der Waals surface area contributed by atoms with E-state index in [0.717, 1.165) is 11.3 Å². The first-order chi connectivity index (χ1) is 9.08. The van der Waals surface area contributed by atoms with Gasteiger partial charge in [-0.1, -0.05) is 6.07 Å². The van der Waals surface area contributed by atoms with Gasteiger partial charge in [0.1, 0.15) is 0 Å². The van der Waals surface area contributed by atoms with Crippen LogP contribution in [0.3, 0.4) is 0 Å². The van der Waals surface area contributed by atoms with E-state index in [1.165, 1.54) is 0 Å². The Kier molecular flexibility index (Phi) is 4.14. The summed E-state index contributed by atoms with van der Waals surface area (Å²) in [5.41, 5.74) is 1.89.